The third-order valence-corrected chi connectivity index (χ3v) is 22.7. The van der Waals surface area contributed by atoms with Gasteiger partial charge in [0.15, 0.2) is 0 Å². The summed E-state index contributed by atoms with van der Waals surface area (Å²) < 4.78 is 1.42. The zero-order valence-electron chi connectivity index (χ0n) is 22.8. The molecule has 38 heavy (non-hydrogen) atoms. The Hall–Kier alpha value is -1.70. The van der Waals surface area contributed by atoms with Crippen molar-refractivity contribution in [3.8, 4) is 22.3 Å². The van der Waals surface area contributed by atoms with E-state index in [1.54, 1.807) is 0 Å². The summed E-state index contributed by atoms with van der Waals surface area (Å²) in [5.74, 6) is 0.379. The van der Waals surface area contributed by atoms with Crippen molar-refractivity contribution in [1.82, 2.24) is 0 Å². The molecule has 4 aromatic carbocycles. The Labute approximate surface area is 241 Å². The van der Waals surface area contributed by atoms with Crippen molar-refractivity contribution < 1.29 is 17.9 Å². The summed E-state index contributed by atoms with van der Waals surface area (Å²) in [5, 5.41) is 3.01. The molecule has 1 atom stereocenters. The van der Waals surface area contributed by atoms with Gasteiger partial charge in [0.25, 0.3) is 0 Å². The van der Waals surface area contributed by atoms with Crippen LogP contribution in [0, 0.1) is 19.8 Å². The molecule has 6 rings (SSSR count). The Morgan fingerprint density at radius 1 is 0.868 bits per heavy atom. The molecule has 1 aliphatic carbocycles. The molecule has 0 radical (unpaired) electrons. The first-order chi connectivity index (χ1) is 18.2. The first kappa shape index (κ1) is 26.5. The Kier molecular flexibility index (Phi) is 7.01. The van der Waals surface area contributed by atoms with Crippen LogP contribution in [-0.4, -0.2) is 9.52 Å². The third-order valence-electron chi connectivity index (χ3n) is 8.45. The zero-order valence-corrected chi connectivity index (χ0v) is 28.2. The van der Waals surface area contributed by atoms with Gasteiger partial charge in [-0.2, -0.15) is 0 Å². The van der Waals surface area contributed by atoms with Crippen molar-refractivity contribution in [2.24, 2.45) is 5.92 Å². The van der Waals surface area contributed by atoms with Gasteiger partial charge in [-0.1, -0.05) is 0 Å². The molecule has 0 fully saturated rings. The molecule has 4 aromatic rings. The van der Waals surface area contributed by atoms with Gasteiger partial charge in [0, 0.05) is 0 Å². The molecule has 1 aliphatic heterocycles. The van der Waals surface area contributed by atoms with Crippen LogP contribution in [0.3, 0.4) is 0 Å². The number of hydrogen-bond acceptors (Lipinski definition) is 0. The second-order valence-electron chi connectivity index (χ2n) is 11.4. The van der Waals surface area contributed by atoms with E-state index in [0.717, 1.165) is 6.42 Å². The molecule has 0 saturated carbocycles. The van der Waals surface area contributed by atoms with Crippen LogP contribution >= 0.6 is 17.0 Å². The summed E-state index contributed by atoms with van der Waals surface area (Å²) in [6.07, 6.45) is 3.46. The van der Waals surface area contributed by atoms with Gasteiger partial charge in [-0.25, -0.2) is 0 Å². The van der Waals surface area contributed by atoms with Gasteiger partial charge in [0.2, 0.25) is 0 Å². The molecule has 0 saturated heterocycles. The molecular weight excluding hydrogens is 599 g/mol. The summed E-state index contributed by atoms with van der Waals surface area (Å²) in [4.78, 5) is 0. The first-order valence-electron chi connectivity index (χ1n) is 13.7. The van der Waals surface area contributed by atoms with E-state index in [4.69, 9.17) is 17.0 Å². The van der Waals surface area contributed by atoms with Crippen LogP contribution in [0.15, 0.2) is 78.4 Å². The molecule has 0 bridgehead atoms. The predicted molar refractivity (Wildman–Crippen MR) is 167 cm³/mol. The maximum absolute atomic E-state index is 7.84. The van der Waals surface area contributed by atoms with Gasteiger partial charge < -0.3 is 0 Å². The number of allylic oxidation sites excluding steroid dienone is 1. The van der Waals surface area contributed by atoms with E-state index < -0.39 is 27.4 Å². The molecular formula is C34H34Cl2SiZr. The quantitative estimate of drug-likeness (QED) is 0.176. The van der Waals surface area contributed by atoms with E-state index in [9.17, 15) is 0 Å². The van der Waals surface area contributed by atoms with E-state index >= 15 is 0 Å². The average Bonchev–Trinajstić information content (AvgIpc) is 3.46. The van der Waals surface area contributed by atoms with E-state index in [1.165, 1.54) is 69.3 Å². The molecule has 0 amide bonds. The minimum atomic E-state index is -3.97. The molecule has 2 aliphatic rings. The van der Waals surface area contributed by atoms with Crippen molar-refractivity contribution in [2.75, 3.05) is 0 Å². The molecule has 1 unspecified atom stereocenters. The van der Waals surface area contributed by atoms with Crippen LogP contribution in [0.1, 0.15) is 52.2 Å². The Bertz CT molecular complexity index is 1600. The zero-order chi connectivity index (χ0) is 26.8. The second kappa shape index (κ2) is 10.0. The molecule has 0 N–H and O–H groups in total. The molecule has 192 valence electrons. The standard InChI is InChI=1S/C22H25.C12H9Si.2ClH.Zr/c1-6-17-7-8-18-12-19(14(2)3)13-21(18)22(17)20-10-15(4)9-16(5)11-20;1-3-7-11-9(5-1)10-6-2-4-8-12(10)13-11;;;/h7-14H,6H2,1-5H3;1-7H,13H2;2*1H;/q;;;;+2/p-2. The van der Waals surface area contributed by atoms with E-state index in [2.05, 4.69) is 113 Å². The number of fused-ring (bicyclic) bond motifs is 4. The average molecular weight is 633 g/mol. The van der Waals surface area contributed by atoms with Crippen molar-refractivity contribution >= 4 is 46.3 Å². The Balaban J connectivity index is 1.56. The number of hydrogen-bond donors (Lipinski definition) is 0. The summed E-state index contributed by atoms with van der Waals surface area (Å²) in [6, 6.07) is 27.3. The van der Waals surface area contributed by atoms with Gasteiger partial charge in [-0.05, 0) is 0 Å². The third kappa shape index (κ3) is 4.28. The van der Waals surface area contributed by atoms with Crippen LogP contribution in [0.2, 0.25) is 0 Å². The van der Waals surface area contributed by atoms with Crippen LogP contribution in [0.4, 0.5) is 0 Å². The van der Waals surface area contributed by atoms with Gasteiger partial charge in [-0.15, -0.1) is 0 Å². The summed E-state index contributed by atoms with van der Waals surface area (Å²) in [6.45, 7) is 11.3. The summed E-state index contributed by atoms with van der Waals surface area (Å²) in [5.41, 5.74) is 13.5. The predicted octanol–water partition coefficient (Wildman–Crippen LogP) is 7.51. The van der Waals surface area contributed by atoms with Crippen molar-refractivity contribution in [3.05, 3.63) is 106 Å². The molecule has 0 spiro atoms. The topological polar surface area (TPSA) is 0 Å². The summed E-state index contributed by atoms with van der Waals surface area (Å²) in [7, 11) is 15.1. The fraction of sp³-hybridized carbons (Fsp3) is 0.235. The molecule has 0 nitrogen and oxygen atoms in total. The first-order valence-corrected chi connectivity index (χ1v) is 24.1. The fourth-order valence-corrected chi connectivity index (χ4v) is 23.8. The molecule has 0 aromatic heterocycles. The Morgan fingerprint density at radius 3 is 2.29 bits per heavy atom. The monoisotopic (exact) mass is 630 g/mol. The van der Waals surface area contributed by atoms with Crippen LogP contribution in [0.5, 0.6) is 0 Å². The number of rotatable bonds is 5. The molecule has 4 heteroatoms. The van der Waals surface area contributed by atoms with Crippen molar-refractivity contribution in [2.45, 2.75) is 44.7 Å². The SMILES string of the molecule is CCc1ccc2c(c1-c1cc(C)cc(C)c1)C=C(C(C)C)[CH]2[Zr]([Cl])([Cl])[c]1cccc2c1[SiH2]c1ccccc1-2. The number of benzene rings is 4. The van der Waals surface area contributed by atoms with Crippen molar-refractivity contribution in [3.63, 3.8) is 0 Å². The normalized spacial score (nSPS) is 16.5. The maximum atomic E-state index is 7.84. The van der Waals surface area contributed by atoms with Gasteiger partial charge in [0.1, 0.15) is 0 Å². The Morgan fingerprint density at radius 2 is 1.58 bits per heavy atom. The van der Waals surface area contributed by atoms with Gasteiger partial charge in [0.05, 0.1) is 0 Å². The van der Waals surface area contributed by atoms with E-state index in [0.29, 0.717) is 5.92 Å². The fourth-order valence-electron chi connectivity index (χ4n) is 6.80. The van der Waals surface area contributed by atoms with E-state index in [-0.39, 0.29) is 3.63 Å². The summed E-state index contributed by atoms with van der Waals surface area (Å²) >= 11 is -3.97. The molecule has 1 heterocycles. The minimum absolute atomic E-state index is 0.113. The van der Waals surface area contributed by atoms with Gasteiger partial charge >= 0.3 is 243 Å². The van der Waals surface area contributed by atoms with Crippen LogP contribution < -0.4 is 13.6 Å². The van der Waals surface area contributed by atoms with Crippen molar-refractivity contribution in [1.29, 1.82) is 0 Å². The van der Waals surface area contributed by atoms with E-state index in [1.807, 2.05) is 0 Å². The van der Waals surface area contributed by atoms with Gasteiger partial charge in [-0.3, -0.25) is 0 Å². The number of halogens is 2. The van der Waals surface area contributed by atoms with Crippen LogP contribution in [-0.2, 0) is 24.3 Å². The second-order valence-corrected chi connectivity index (χ2v) is 27.2. The van der Waals surface area contributed by atoms with Crippen LogP contribution in [0.25, 0.3) is 28.3 Å². The number of aryl methyl sites for hydroxylation is 3.